The molecule has 17 heavy (non-hydrogen) atoms. The first-order valence-electron chi connectivity index (χ1n) is 6.32. The Balaban J connectivity index is 0.000000686. The first-order chi connectivity index (χ1) is 8.36. The van der Waals surface area contributed by atoms with Crippen LogP contribution < -0.4 is 0 Å². The van der Waals surface area contributed by atoms with Gasteiger partial charge in [0.2, 0.25) is 0 Å². The van der Waals surface area contributed by atoms with Gasteiger partial charge in [-0.25, -0.2) is 4.79 Å². The summed E-state index contributed by atoms with van der Waals surface area (Å²) in [5, 5.41) is 0. The van der Waals surface area contributed by atoms with Gasteiger partial charge in [-0.15, -0.1) is 0 Å². The van der Waals surface area contributed by atoms with Crippen molar-refractivity contribution in [1.82, 2.24) is 4.90 Å². The summed E-state index contributed by atoms with van der Waals surface area (Å²) in [6.07, 6.45) is 2.01. The lowest BCUT2D eigenvalue weighted by Gasteiger charge is -2.14. The molecule has 1 aromatic rings. The highest BCUT2D eigenvalue weighted by atomic mass is 16.6. The van der Waals surface area contributed by atoms with Gasteiger partial charge in [0, 0.05) is 13.1 Å². The molecule has 1 aliphatic heterocycles. The van der Waals surface area contributed by atoms with E-state index in [0.717, 1.165) is 31.5 Å². The molecule has 1 amide bonds. The molecule has 0 aromatic heterocycles. The van der Waals surface area contributed by atoms with E-state index in [-0.39, 0.29) is 6.09 Å². The zero-order valence-electron chi connectivity index (χ0n) is 10.7. The fourth-order valence-electron chi connectivity index (χ4n) is 1.71. The van der Waals surface area contributed by atoms with Crippen molar-refractivity contribution in [2.75, 3.05) is 13.1 Å². The highest BCUT2D eigenvalue weighted by molar-refractivity contribution is 5.67. The van der Waals surface area contributed by atoms with E-state index in [1.807, 2.05) is 44.2 Å². The Hall–Kier alpha value is -1.51. The maximum atomic E-state index is 11.5. The highest BCUT2D eigenvalue weighted by Gasteiger charge is 2.18. The van der Waals surface area contributed by atoms with E-state index in [2.05, 4.69) is 0 Å². The van der Waals surface area contributed by atoms with Gasteiger partial charge in [0.1, 0.15) is 6.61 Å². The number of carbonyl (C=O) groups is 1. The van der Waals surface area contributed by atoms with E-state index in [0.29, 0.717) is 6.61 Å². The molecule has 0 N–H and O–H groups in total. The van der Waals surface area contributed by atoms with Crippen molar-refractivity contribution in [1.29, 1.82) is 0 Å². The molecule has 1 heterocycles. The molecule has 2 rings (SSSR count). The summed E-state index contributed by atoms with van der Waals surface area (Å²) in [6.45, 7) is 6.05. The largest absolute Gasteiger partial charge is 0.445 e. The lowest BCUT2D eigenvalue weighted by Crippen LogP contribution is -2.28. The first-order valence-corrected chi connectivity index (χ1v) is 6.32. The van der Waals surface area contributed by atoms with Crippen LogP contribution in [0.1, 0.15) is 32.3 Å². The molecule has 0 radical (unpaired) electrons. The van der Waals surface area contributed by atoms with Crippen LogP contribution in [0.3, 0.4) is 0 Å². The lowest BCUT2D eigenvalue weighted by atomic mass is 10.2. The highest BCUT2D eigenvalue weighted by Crippen LogP contribution is 2.10. The van der Waals surface area contributed by atoms with Crippen molar-refractivity contribution in [3.8, 4) is 0 Å². The van der Waals surface area contributed by atoms with E-state index in [1.165, 1.54) is 0 Å². The van der Waals surface area contributed by atoms with Crippen LogP contribution in [0.15, 0.2) is 30.3 Å². The molecule has 0 atom stereocenters. The summed E-state index contributed by atoms with van der Waals surface area (Å²) in [4.78, 5) is 13.3. The second-order valence-corrected chi connectivity index (χ2v) is 3.73. The van der Waals surface area contributed by atoms with Crippen LogP contribution >= 0.6 is 0 Å². The monoisotopic (exact) mass is 235 g/mol. The minimum Gasteiger partial charge on any atom is -0.445 e. The molecule has 3 heteroatoms. The van der Waals surface area contributed by atoms with Gasteiger partial charge in [0.05, 0.1) is 0 Å². The standard InChI is InChI=1S/C12H15NO2.C2H6/c14-12(13-8-4-5-9-13)15-10-11-6-2-1-3-7-11;1-2/h1-3,6-7H,4-5,8-10H2;1-2H3. The zero-order valence-corrected chi connectivity index (χ0v) is 10.7. The number of ether oxygens (including phenoxy) is 1. The fourth-order valence-corrected chi connectivity index (χ4v) is 1.71. The molecule has 0 unspecified atom stereocenters. The van der Waals surface area contributed by atoms with Gasteiger partial charge in [-0.3, -0.25) is 0 Å². The zero-order chi connectivity index (χ0) is 12.5. The predicted octanol–water partition coefficient (Wildman–Crippen LogP) is 3.45. The Morgan fingerprint density at radius 1 is 1.18 bits per heavy atom. The number of amides is 1. The summed E-state index contributed by atoms with van der Waals surface area (Å²) >= 11 is 0. The van der Waals surface area contributed by atoms with Crippen LogP contribution in [0, 0.1) is 0 Å². The number of hydrogen-bond donors (Lipinski definition) is 0. The molecule has 0 spiro atoms. The van der Waals surface area contributed by atoms with Crippen LogP contribution in [-0.2, 0) is 11.3 Å². The van der Waals surface area contributed by atoms with Crippen LogP contribution in [0.25, 0.3) is 0 Å². The quantitative estimate of drug-likeness (QED) is 0.785. The topological polar surface area (TPSA) is 29.5 Å². The Labute approximate surface area is 103 Å². The van der Waals surface area contributed by atoms with Gasteiger partial charge >= 0.3 is 6.09 Å². The molecule has 94 valence electrons. The number of benzene rings is 1. The smallest absolute Gasteiger partial charge is 0.410 e. The molecule has 0 bridgehead atoms. The first kappa shape index (κ1) is 13.6. The van der Waals surface area contributed by atoms with Gasteiger partial charge in [-0.2, -0.15) is 0 Å². The number of hydrogen-bond acceptors (Lipinski definition) is 2. The number of nitrogens with zero attached hydrogens (tertiary/aromatic N) is 1. The third-order valence-electron chi connectivity index (χ3n) is 2.57. The van der Waals surface area contributed by atoms with E-state index >= 15 is 0 Å². The summed E-state index contributed by atoms with van der Waals surface area (Å²) in [6, 6.07) is 9.75. The third-order valence-corrected chi connectivity index (χ3v) is 2.57. The van der Waals surface area contributed by atoms with Crippen molar-refractivity contribution >= 4 is 6.09 Å². The van der Waals surface area contributed by atoms with Crippen LogP contribution in [0.4, 0.5) is 4.79 Å². The van der Waals surface area contributed by atoms with E-state index in [4.69, 9.17) is 4.74 Å². The number of likely N-dealkylation sites (tertiary alicyclic amines) is 1. The van der Waals surface area contributed by atoms with Crippen LogP contribution in [0.5, 0.6) is 0 Å². The van der Waals surface area contributed by atoms with Crippen molar-refractivity contribution in [2.24, 2.45) is 0 Å². The minimum atomic E-state index is -0.184. The average molecular weight is 235 g/mol. The van der Waals surface area contributed by atoms with E-state index in [9.17, 15) is 4.79 Å². The third kappa shape index (κ3) is 4.47. The average Bonchev–Trinajstić information content (AvgIpc) is 2.93. The summed E-state index contributed by atoms with van der Waals surface area (Å²) in [5.74, 6) is 0. The molecule has 1 fully saturated rings. The number of carbonyl (C=O) groups excluding carboxylic acids is 1. The van der Waals surface area contributed by atoms with Gasteiger partial charge < -0.3 is 9.64 Å². The molecule has 0 aliphatic carbocycles. The Morgan fingerprint density at radius 3 is 2.35 bits per heavy atom. The SMILES string of the molecule is CC.O=C(OCc1ccccc1)N1CCCC1. The Bertz CT molecular complexity index is 318. The summed E-state index contributed by atoms with van der Waals surface area (Å²) < 4.78 is 5.20. The van der Waals surface area contributed by atoms with Gasteiger partial charge in [0.15, 0.2) is 0 Å². The van der Waals surface area contributed by atoms with Crippen LogP contribution in [0.2, 0.25) is 0 Å². The fraction of sp³-hybridized carbons (Fsp3) is 0.500. The number of rotatable bonds is 2. The summed E-state index contributed by atoms with van der Waals surface area (Å²) in [5.41, 5.74) is 1.03. The van der Waals surface area contributed by atoms with E-state index in [1.54, 1.807) is 4.90 Å². The Kier molecular flexibility index (Phi) is 6.15. The molecule has 0 saturated carbocycles. The molecule has 1 aliphatic rings. The maximum absolute atomic E-state index is 11.5. The Morgan fingerprint density at radius 2 is 1.76 bits per heavy atom. The molecule has 1 saturated heterocycles. The minimum absolute atomic E-state index is 0.184. The maximum Gasteiger partial charge on any atom is 0.410 e. The second kappa shape index (κ2) is 7.71. The van der Waals surface area contributed by atoms with Crippen molar-refractivity contribution in [2.45, 2.75) is 33.3 Å². The predicted molar refractivity (Wildman–Crippen MR) is 68.8 cm³/mol. The van der Waals surface area contributed by atoms with Crippen molar-refractivity contribution in [3.05, 3.63) is 35.9 Å². The van der Waals surface area contributed by atoms with Crippen molar-refractivity contribution < 1.29 is 9.53 Å². The molecular formula is C14H21NO2. The van der Waals surface area contributed by atoms with Gasteiger partial charge in [-0.05, 0) is 18.4 Å². The van der Waals surface area contributed by atoms with Gasteiger partial charge in [-0.1, -0.05) is 44.2 Å². The second-order valence-electron chi connectivity index (χ2n) is 3.73. The summed E-state index contributed by atoms with van der Waals surface area (Å²) in [7, 11) is 0. The van der Waals surface area contributed by atoms with Gasteiger partial charge in [0.25, 0.3) is 0 Å². The van der Waals surface area contributed by atoms with E-state index < -0.39 is 0 Å². The van der Waals surface area contributed by atoms with Crippen molar-refractivity contribution in [3.63, 3.8) is 0 Å². The van der Waals surface area contributed by atoms with Crippen LogP contribution in [-0.4, -0.2) is 24.1 Å². The normalized spacial score (nSPS) is 13.9. The molecular weight excluding hydrogens is 214 g/mol. The molecule has 1 aromatic carbocycles. The lowest BCUT2D eigenvalue weighted by molar-refractivity contribution is 0.104. The molecule has 3 nitrogen and oxygen atoms in total.